The maximum atomic E-state index is 13.1. The number of nitrogens with zero attached hydrogens (tertiary/aromatic N) is 2. The van der Waals surface area contributed by atoms with Crippen molar-refractivity contribution < 1.29 is 18.4 Å². The molecule has 120 valence electrons. The molecule has 1 aromatic carbocycles. The number of likely N-dealkylation sites (N-methyl/N-ethyl adjacent to an activating group) is 1. The smallest absolute Gasteiger partial charge is 0.254 e. The first-order valence-corrected chi connectivity index (χ1v) is 6.79. The number of hydrogen-bond donors (Lipinski definition) is 1. The lowest BCUT2D eigenvalue weighted by atomic mass is 10.2. The second-order valence-electron chi connectivity index (χ2n) is 5.09. The summed E-state index contributed by atoms with van der Waals surface area (Å²) in [4.78, 5) is 29.0. The number of halogens is 2. The Kier molecular flexibility index (Phi) is 5.00. The van der Waals surface area contributed by atoms with Crippen molar-refractivity contribution in [2.24, 2.45) is 0 Å². The van der Waals surface area contributed by atoms with Crippen LogP contribution in [0.25, 0.3) is 0 Å². The lowest BCUT2D eigenvalue weighted by Crippen LogP contribution is -2.35. The summed E-state index contributed by atoms with van der Waals surface area (Å²) in [6.07, 6.45) is 1.60. The fourth-order valence-corrected chi connectivity index (χ4v) is 1.91. The van der Waals surface area contributed by atoms with Crippen LogP contribution in [0.2, 0.25) is 0 Å². The Hall–Kier alpha value is -2.83. The van der Waals surface area contributed by atoms with Gasteiger partial charge >= 0.3 is 0 Å². The predicted molar refractivity (Wildman–Crippen MR) is 80.9 cm³/mol. The maximum Gasteiger partial charge on any atom is 0.254 e. The molecule has 7 heteroatoms. The molecule has 0 spiro atoms. The van der Waals surface area contributed by atoms with Crippen molar-refractivity contribution in [3.63, 3.8) is 0 Å². The van der Waals surface area contributed by atoms with Crippen molar-refractivity contribution in [1.29, 1.82) is 0 Å². The van der Waals surface area contributed by atoms with Gasteiger partial charge in [-0.3, -0.25) is 9.59 Å². The zero-order valence-corrected chi connectivity index (χ0v) is 12.6. The zero-order chi connectivity index (χ0) is 17.0. The first kappa shape index (κ1) is 16.5. The van der Waals surface area contributed by atoms with Gasteiger partial charge in [0.1, 0.15) is 17.5 Å². The minimum Gasteiger partial charge on any atom is -0.332 e. The molecule has 2 aromatic rings. The Morgan fingerprint density at radius 2 is 1.83 bits per heavy atom. The molecule has 2 amide bonds. The maximum absolute atomic E-state index is 13.1. The molecule has 0 atom stereocenters. The summed E-state index contributed by atoms with van der Waals surface area (Å²) in [5.41, 5.74) is 0.787. The van der Waals surface area contributed by atoms with Crippen molar-refractivity contribution in [1.82, 2.24) is 9.88 Å². The molecule has 0 fully saturated rings. The quantitative estimate of drug-likeness (QED) is 0.941. The molecule has 1 N–H and O–H groups in total. The number of carbonyl (C=O) groups is 2. The molecule has 23 heavy (non-hydrogen) atoms. The van der Waals surface area contributed by atoms with Crippen LogP contribution in [0.5, 0.6) is 0 Å². The third-order valence-electron chi connectivity index (χ3n) is 3.02. The van der Waals surface area contributed by atoms with E-state index in [2.05, 4.69) is 10.3 Å². The molecule has 0 aliphatic heterocycles. The van der Waals surface area contributed by atoms with Crippen molar-refractivity contribution >= 4 is 17.6 Å². The highest BCUT2D eigenvalue weighted by atomic mass is 19.1. The van der Waals surface area contributed by atoms with Gasteiger partial charge in [0.2, 0.25) is 5.91 Å². The van der Waals surface area contributed by atoms with E-state index in [1.54, 1.807) is 18.3 Å². The lowest BCUT2D eigenvalue weighted by Gasteiger charge is -2.16. The topological polar surface area (TPSA) is 62.3 Å². The van der Waals surface area contributed by atoms with Crippen LogP contribution in [0, 0.1) is 18.6 Å². The number of anilines is 1. The van der Waals surface area contributed by atoms with E-state index >= 15 is 0 Å². The van der Waals surface area contributed by atoms with E-state index in [9.17, 15) is 18.4 Å². The third kappa shape index (κ3) is 4.57. The fourth-order valence-electron chi connectivity index (χ4n) is 1.91. The second kappa shape index (κ2) is 6.95. The largest absolute Gasteiger partial charge is 0.332 e. The summed E-state index contributed by atoms with van der Waals surface area (Å²) in [6, 6.07) is 5.93. The van der Waals surface area contributed by atoms with E-state index in [1.165, 1.54) is 7.05 Å². The van der Waals surface area contributed by atoms with E-state index < -0.39 is 23.4 Å². The molecular weight excluding hydrogens is 304 g/mol. The van der Waals surface area contributed by atoms with E-state index in [0.717, 1.165) is 22.6 Å². The summed E-state index contributed by atoms with van der Waals surface area (Å²) in [5, 5.41) is 2.54. The van der Waals surface area contributed by atoms with Gasteiger partial charge in [-0.25, -0.2) is 13.8 Å². The lowest BCUT2D eigenvalue weighted by molar-refractivity contribution is -0.116. The van der Waals surface area contributed by atoms with Gasteiger partial charge in [0, 0.05) is 24.9 Å². The standard InChI is InChI=1S/C16H15F2N3O2/c1-10-3-4-14(19-8-10)20-15(22)9-21(2)16(23)11-5-12(17)7-13(18)6-11/h3-8H,9H2,1-2H3,(H,19,20,22). The van der Waals surface area contributed by atoms with E-state index in [1.807, 2.05) is 6.92 Å². The molecule has 0 aliphatic carbocycles. The molecule has 5 nitrogen and oxygen atoms in total. The van der Waals surface area contributed by atoms with Gasteiger partial charge in [-0.15, -0.1) is 0 Å². The Bertz CT molecular complexity index is 712. The minimum atomic E-state index is -0.852. The van der Waals surface area contributed by atoms with Crippen molar-refractivity contribution in [3.8, 4) is 0 Å². The van der Waals surface area contributed by atoms with Gasteiger partial charge in [0.15, 0.2) is 0 Å². The average molecular weight is 319 g/mol. The Morgan fingerprint density at radius 3 is 2.39 bits per heavy atom. The van der Waals surface area contributed by atoms with E-state index in [0.29, 0.717) is 11.9 Å². The van der Waals surface area contributed by atoms with Crippen LogP contribution in [0.1, 0.15) is 15.9 Å². The Labute approximate surface area is 131 Å². The molecule has 0 saturated heterocycles. The highest BCUT2D eigenvalue weighted by molar-refractivity contribution is 5.98. The summed E-state index contributed by atoms with van der Waals surface area (Å²) in [5.74, 6) is -2.46. The Balaban J connectivity index is 1.99. The van der Waals surface area contributed by atoms with Crippen LogP contribution in [0.4, 0.5) is 14.6 Å². The van der Waals surface area contributed by atoms with E-state index in [4.69, 9.17) is 0 Å². The number of hydrogen-bond acceptors (Lipinski definition) is 3. The molecule has 0 aliphatic rings. The first-order chi connectivity index (χ1) is 10.8. The number of aryl methyl sites for hydroxylation is 1. The summed E-state index contributed by atoms with van der Waals surface area (Å²) in [7, 11) is 1.37. The fraction of sp³-hybridized carbons (Fsp3) is 0.188. The molecule has 0 saturated carbocycles. The van der Waals surface area contributed by atoms with Crippen molar-refractivity contribution in [3.05, 3.63) is 59.3 Å². The van der Waals surface area contributed by atoms with Crippen molar-refractivity contribution in [2.45, 2.75) is 6.92 Å². The molecule has 0 unspecified atom stereocenters. The van der Waals surface area contributed by atoms with Crippen LogP contribution in [0.3, 0.4) is 0 Å². The van der Waals surface area contributed by atoms with Gasteiger partial charge < -0.3 is 10.2 Å². The number of pyridine rings is 1. The molecular formula is C16H15F2N3O2. The van der Waals surface area contributed by atoms with Crippen molar-refractivity contribution in [2.75, 3.05) is 18.9 Å². The molecule has 2 rings (SSSR count). The molecule has 0 radical (unpaired) electrons. The SMILES string of the molecule is Cc1ccc(NC(=O)CN(C)C(=O)c2cc(F)cc(F)c2)nc1. The van der Waals surface area contributed by atoms with Gasteiger partial charge in [-0.1, -0.05) is 6.07 Å². The van der Waals surface area contributed by atoms with Gasteiger partial charge in [0.05, 0.1) is 6.54 Å². The van der Waals surface area contributed by atoms with Crippen LogP contribution < -0.4 is 5.32 Å². The highest BCUT2D eigenvalue weighted by Crippen LogP contribution is 2.10. The molecule has 1 aromatic heterocycles. The molecule has 1 heterocycles. The number of amides is 2. The van der Waals surface area contributed by atoms with Gasteiger partial charge in [-0.2, -0.15) is 0 Å². The van der Waals surface area contributed by atoms with E-state index in [-0.39, 0.29) is 12.1 Å². The summed E-state index contributed by atoms with van der Waals surface area (Å²) >= 11 is 0. The predicted octanol–water partition coefficient (Wildman–Crippen LogP) is 2.38. The second-order valence-corrected chi connectivity index (χ2v) is 5.09. The average Bonchev–Trinajstić information content (AvgIpc) is 2.47. The van der Waals surface area contributed by atoms with Crippen LogP contribution in [-0.2, 0) is 4.79 Å². The summed E-state index contributed by atoms with van der Waals surface area (Å²) < 4.78 is 26.3. The number of benzene rings is 1. The van der Waals surface area contributed by atoms with Crippen LogP contribution in [-0.4, -0.2) is 35.3 Å². The number of nitrogens with one attached hydrogen (secondary N) is 1. The monoisotopic (exact) mass is 319 g/mol. The normalized spacial score (nSPS) is 10.3. The minimum absolute atomic E-state index is 0.161. The van der Waals surface area contributed by atoms with Gasteiger partial charge in [-0.05, 0) is 30.7 Å². The zero-order valence-electron chi connectivity index (χ0n) is 12.6. The first-order valence-electron chi connectivity index (χ1n) is 6.79. The third-order valence-corrected chi connectivity index (χ3v) is 3.02. The number of carbonyl (C=O) groups excluding carboxylic acids is 2. The van der Waals surface area contributed by atoms with Crippen LogP contribution >= 0.6 is 0 Å². The Morgan fingerprint density at radius 1 is 1.17 bits per heavy atom. The number of aromatic nitrogens is 1. The van der Waals surface area contributed by atoms with Gasteiger partial charge in [0.25, 0.3) is 5.91 Å². The molecule has 0 bridgehead atoms. The highest BCUT2D eigenvalue weighted by Gasteiger charge is 2.17. The number of rotatable bonds is 4. The summed E-state index contributed by atoms with van der Waals surface area (Å²) in [6.45, 7) is 1.59. The van der Waals surface area contributed by atoms with Crippen LogP contribution in [0.15, 0.2) is 36.5 Å².